The van der Waals surface area contributed by atoms with Crippen molar-refractivity contribution in [1.29, 1.82) is 0 Å². The summed E-state index contributed by atoms with van der Waals surface area (Å²) in [5.74, 6) is 0.374. The Bertz CT molecular complexity index is 859. The molecule has 0 aromatic heterocycles. The van der Waals surface area contributed by atoms with Crippen LogP contribution in [0.3, 0.4) is 0 Å². The lowest BCUT2D eigenvalue weighted by atomic mass is 10.1. The van der Waals surface area contributed by atoms with Crippen LogP contribution in [-0.2, 0) is 11.3 Å². The molecule has 2 heterocycles. The lowest BCUT2D eigenvalue weighted by molar-refractivity contribution is -0.911. The van der Waals surface area contributed by atoms with E-state index in [0.29, 0.717) is 5.70 Å². The van der Waals surface area contributed by atoms with E-state index in [1.807, 2.05) is 11.0 Å². The van der Waals surface area contributed by atoms with Crippen LogP contribution in [0.15, 0.2) is 65.3 Å². The summed E-state index contributed by atoms with van der Waals surface area (Å²) in [5.41, 5.74) is 2.72. The van der Waals surface area contributed by atoms with E-state index < -0.39 is 0 Å². The highest BCUT2D eigenvalue weighted by atomic mass is 19.1. The number of rotatable bonds is 3. The van der Waals surface area contributed by atoms with Gasteiger partial charge in [0, 0.05) is 5.56 Å². The average molecular weight is 350 g/mol. The number of hydrogen-bond acceptors (Lipinski definition) is 2. The molecule has 4 rings (SSSR count). The number of carbonyl (C=O) groups is 1. The molecule has 4 nitrogen and oxygen atoms in total. The van der Waals surface area contributed by atoms with Crippen molar-refractivity contribution in [2.24, 2.45) is 4.99 Å². The lowest BCUT2D eigenvalue weighted by Gasteiger charge is -2.19. The quantitative estimate of drug-likeness (QED) is 0.859. The van der Waals surface area contributed by atoms with Crippen molar-refractivity contribution in [3.63, 3.8) is 0 Å². The van der Waals surface area contributed by atoms with Crippen molar-refractivity contribution in [2.45, 2.75) is 13.0 Å². The summed E-state index contributed by atoms with van der Waals surface area (Å²) in [6, 6.07) is 16.6. The van der Waals surface area contributed by atoms with Gasteiger partial charge in [-0.3, -0.25) is 4.79 Å². The number of nitrogens with one attached hydrogen (secondary N) is 1. The fourth-order valence-corrected chi connectivity index (χ4v) is 3.53. The number of nitrogens with zero attached hydrogens (tertiary/aromatic N) is 2. The first-order valence-electron chi connectivity index (χ1n) is 8.93. The first-order valence-corrected chi connectivity index (χ1v) is 8.93. The zero-order chi connectivity index (χ0) is 17.9. The van der Waals surface area contributed by atoms with Crippen molar-refractivity contribution in [2.75, 3.05) is 19.6 Å². The van der Waals surface area contributed by atoms with E-state index in [1.54, 1.807) is 18.2 Å². The fraction of sp³-hybridized carbons (Fsp3) is 0.238. The monoisotopic (exact) mass is 350 g/mol. The van der Waals surface area contributed by atoms with Crippen LogP contribution in [0.2, 0.25) is 0 Å². The van der Waals surface area contributed by atoms with Crippen LogP contribution in [0.1, 0.15) is 17.5 Å². The number of aliphatic imine (C=N–C) groups is 1. The lowest BCUT2D eigenvalue weighted by Crippen LogP contribution is -3.11. The highest BCUT2D eigenvalue weighted by Gasteiger charge is 2.33. The van der Waals surface area contributed by atoms with E-state index in [4.69, 9.17) is 0 Å². The SMILES string of the molecule is O=C1N=C2CC[NH+](Cc3ccccc3)CCN2/C1=C/c1ccc(F)cc1. The molecule has 5 heteroatoms. The van der Waals surface area contributed by atoms with Gasteiger partial charge in [-0.15, -0.1) is 0 Å². The molecule has 0 spiro atoms. The second kappa shape index (κ2) is 7.22. The van der Waals surface area contributed by atoms with Gasteiger partial charge in [0.1, 0.15) is 23.9 Å². The molecule has 0 aliphatic carbocycles. The van der Waals surface area contributed by atoms with Gasteiger partial charge in [0.05, 0.1) is 26.1 Å². The van der Waals surface area contributed by atoms with Gasteiger partial charge in [-0.25, -0.2) is 4.39 Å². The van der Waals surface area contributed by atoms with Gasteiger partial charge in [0.2, 0.25) is 0 Å². The fourth-order valence-electron chi connectivity index (χ4n) is 3.53. The number of amides is 1. The summed E-state index contributed by atoms with van der Waals surface area (Å²) in [5, 5.41) is 0. The predicted octanol–water partition coefficient (Wildman–Crippen LogP) is 1.90. The molecule has 1 atom stereocenters. The Morgan fingerprint density at radius 1 is 1.08 bits per heavy atom. The minimum absolute atomic E-state index is 0.198. The van der Waals surface area contributed by atoms with Crippen molar-refractivity contribution in [3.8, 4) is 0 Å². The van der Waals surface area contributed by atoms with E-state index in [9.17, 15) is 9.18 Å². The van der Waals surface area contributed by atoms with Crippen LogP contribution in [0, 0.1) is 5.82 Å². The number of halogens is 1. The van der Waals surface area contributed by atoms with E-state index in [2.05, 4.69) is 29.3 Å². The van der Waals surface area contributed by atoms with Gasteiger partial charge in [0.15, 0.2) is 0 Å². The zero-order valence-electron chi connectivity index (χ0n) is 14.5. The maximum absolute atomic E-state index is 13.1. The Morgan fingerprint density at radius 2 is 1.85 bits per heavy atom. The summed E-state index contributed by atoms with van der Waals surface area (Å²) in [4.78, 5) is 20.1. The largest absolute Gasteiger partial charge is 0.329 e. The van der Waals surface area contributed by atoms with Crippen LogP contribution < -0.4 is 4.90 Å². The molecule has 1 unspecified atom stereocenters. The minimum Gasteiger partial charge on any atom is -0.329 e. The molecule has 0 saturated carbocycles. The first kappa shape index (κ1) is 16.7. The van der Waals surface area contributed by atoms with Crippen LogP contribution in [-0.4, -0.2) is 36.3 Å². The molecule has 132 valence electrons. The van der Waals surface area contributed by atoms with E-state index >= 15 is 0 Å². The number of carbonyl (C=O) groups excluding carboxylic acids is 1. The molecular formula is C21H21FN3O+. The van der Waals surface area contributed by atoms with Gasteiger partial charge < -0.3 is 9.80 Å². The number of hydrogen-bond donors (Lipinski definition) is 1. The van der Waals surface area contributed by atoms with Crippen molar-refractivity contribution >= 4 is 17.8 Å². The molecule has 2 aliphatic heterocycles. The minimum atomic E-state index is -0.281. The second-order valence-corrected chi connectivity index (χ2v) is 6.73. The van der Waals surface area contributed by atoms with Gasteiger partial charge >= 0.3 is 0 Å². The van der Waals surface area contributed by atoms with E-state index in [1.165, 1.54) is 22.6 Å². The van der Waals surface area contributed by atoms with Crippen LogP contribution in [0.5, 0.6) is 0 Å². The highest BCUT2D eigenvalue weighted by Crippen LogP contribution is 2.21. The molecule has 2 aliphatic rings. The topological polar surface area (TPSA) is 37.1 Å². The Kier molecular flexibility index (Phi) is 4.63. The molecule has 0 radical (unpaired) electrons. The smallest absolute Gasteiger partial charge is 0.295 e. The van der Waals surface area contributed by atoms with Gasteiger partial charge in [0.25, 0.3) is 5.91 Å². The third kappa shape index (κ3) is 3.58. The Morgan fingerprint density at radius 3 is 2.62 bits per heavy atom. The molecule has 1 fully saturated rings. The van der Waals surface area contributed by atoms with Crippen LogP contribution in [0.4, 0.5) is 4.39 Å². The zero-order valence-corrected chi connectivity index (χ0v) is 14.5. The van der Waals surface area contributed by atoms with Gasteiger partial charge in [-0.05, 0) is 23.8 Å². The van der Waals surface area contributed by atoms with Gasteiger partial charge in [-0.2, -0.15) is 4.99 Å². The molecular weight excluding hydrogens is 329 g/mol. The third-order valence-electron chi connectivity index (χ3n) is 4.91. The summed E-state index contributed by atoms with van der Waals surface area (Å²) >= 11 is 0. The number of fused-ring (bicyclic) bond motifs is 1. The van der Waals surface area contributed by atoms with E-state index in [-0.39, 0.29) is 11.7 Å². The maximum Gasteiger partial charge on any atom is 0.295 e. The Balaban J connectivity index is 1.50. The summed E-state index contributed by atoms with van der Waals surface area (Å²) in [7, 11) is 0. The third-order valence-corrected chi connectivity index (χ3v) is 4.91. The van der Waals surface area contributed by atoms with Gasteiger partial charge in [-0.1, -0.05) is 42.5 Å². The highest BCUT2D eigenvalue weighted by molar-refractivity contribution is 6.13. The number of quaternary nitrogens is 1. The average Bonchev–Trinajstić information content (AvgIpc) is 2.81. The molecule has 1 amide bonds. The molecule has 1 saturated heterocycles. The maximum atomic E-state index is 13.1. The number of amidine groups is 1. The normalized spacial score (nSPS) is 21.5. The first-order chi connectivity index (χ1) is 12.7. The standard InChI is InChI=1S/C21H20FN3O/c22-18-8-6-16(7-9-18)14-19-21(26)23-20-10-11-24(12-13-25(19)20)15-17-4-2-1-3-5-17/h1-9,14H,10-13,15H2/p+1/b19-14+. The Hall–Kier alpha value is -2.79. The molecule has 26 heavy (non-hydrogen) atoms. The molecule has 0 bridgehead atoms. The summed E-state index contributed by atoms with van der Waals surface area (Å²) in [6.07, 6.45) is 2.59. The summed E-state index contributed by atoms with van der Waals surface area (Å²) < 4.78 is 13.1. The molecule has 1 N–H and O–H groups in total. The van der Waals surface area contributed by atoms with Crippen LogP contribution >= 0.6 is 0 Å². The predicted molar refractivity (Wildman–Crippen MR) is 99.0 cm³/mol. The van der Waals surface area contributed by atoms with Crippen molar-refractivity contribution < 1.29 is 14.1 Å². The van der Waals surface area contributed by atoms with Crippen LogP contribution in [0.25, 0.3) is 6.08 Å². The molecule has 2 aromatic carbocycles. The molecule has 2 aromatic rings. The van der Waals surface area contributed by atoms with Crippen molar-refractivity contribution in [1.82, 2.24) is 4.90 Å². The van der Waals surface area contributed by atoms with E-state index in [0.717, 1.165) is 44.0 Å². The summed E-state index contributed by atoms with van der Waals surface area (Å²) in [6.45, 7) is 3.65. The number of benzene rings is 2. The second-order valence-electron chi connectivity index (χ2n) is 6.73. The Labute approximate surface area is 152 Å². The van der Waals surface area contributed by atoms with Crippen molar-refractivity contribution in [3.05, 3.63) is 77.2 Å².